The van der Waals surface area contributed by atoms with Gasteiger partial charge in [0.1, 0.15) is 11.2 Å². The predicted octanol–water partition coefficient (Wildman–Crippen LogP) is 2.76. The van der Waals surface area contributed by atoms with Gasteiger partial charge in [-0.1, -0.05) is 12.1 Å². The molecule has 2 aromatic heterocycles. The lowest BCUT2D eigenvalue weighted by Gasteiger charge is -2.02. The molecule has 0 aliphatic heterocycles. The lowest BCUT2D eigenvalue weighted by molar-refractivity contribution is 0.617. The second kappa shape index (κ2) is 5.08. The molecule has 0 aliphatic rings. The van der Waals surface area contributed by atoms with Crippen LogP contribution in [-0.4, -0.2) is 20.7 Å². The largest absolute Gasteiger partial charge is 0.422 e. The van der Waals surface area contributed by atoms with Crippen molar-refractivity contribution in [2.24, 2.45) is 5.10 Å². The van der Waals surface area contributed by atoms with E-state index in [9.17, 15) is 0 Å². The highest BCUT2D eigenvalue weighted by Gasteiger charge is 2.06. The summed E-state index contributed by atoms with van der Waals surface area (Å²) in [5, 5.41) is 4.23. The van der Waals surface area contributed by atoms with Crippen LogP contribution in [0.15, 0.2) is 46.2 Å². The van der Waals surface area contributed by atoms with Gasteiger partial charge in [0.25, 0.3) is 0 Å². The van der Waals surface area contributed by atoms with Crippen LogP contribution in [0.25, 0.3) is 11.1 Å². The first-order valence-electron chi connectivity index (χ1n) is 6.18. The zero-order chi connectivity index (χ0) is 13.9. The summed E-state index contributed by atoms with van der Waals surface area (Å²) in [6.07, 6.45) is 3.29. The van der Waals surface area contributed by atoms with Gasteiger partial charge in [-0.25, -0.2) is 5.43 Å². The van der Waals surface area contributed by atoms with Crippen LogP contribution < -0.4 is 5.43 Å². The van der Waals surface area contributed by atoms with Crippen LogP contribution in [-0.2, 0) is 0 Å². The number of hydrogen-bond acceptors (Lipinski definition) is 6. The van der Waals surface area contributed by atoms with Crippen molar-refractivity contribution in [1.82, 2.24) is 15.0 Å². The minimum absolute atomic E-state index is 0.354. The van der Waals surface area contributed by atoms with E-state index in [1.165, 1.54) is 0 Å². The molecule has 0 radical (unpaired) electrons. The molecule has 0 saturated carbocycles. The number of benzene rings is 1. The summed E-state index contributed by atoms with van der Waals surface area (Å²) in [4.78, 5) is 12.7. The summed E-state index contributed by atoms with van der Waals surface area (Å²) in [5.74, 6) is 0. The van der Waals surface area contributed by atoms with Crippen LogP contribution in [0.3, 0.4) is 0 Å². The number of aromatic nitrogens is 3. The summed E-state index contributed by atoms with van der Waals surface area (Å²) < 4.78 is 5.52. The van der Waals surface area contributed by atoms with Crippen LogP contribution in [0.1, 0.15) is 18.3 Å². The average Bonchev–Trinajstić information content (AvgIpc) is 2.88. The number of rotatable bonds is 3. The second-order valence-electron chi connectivity index (χ2n) is 4.29. The van der Waals surface area contributed by atoms with Crippen molar-refractivity contribution in [1.29, 1.82) is 0 Å². The van der Waals surface area contributed by atoms with Crippen molar-refractivity contribution < 1.29 is 4.42 Å². The molecule has 0 bridgehead atoms. The first kappa shape index (κ1) is 12.3. The first-order valence-corrected chi connectivity index (χ1v) is 6.18. The minimum Gasteiger partial charge on any atom is -0.422 e. The number of hydrazone groups is 1. The van der Waals surface area contributed by atoms with E-state index in [0.717, 1.165) is 28.2 Å². The van der Waals surface area contributed by atoms with Gasteiger partial charge in [-0.15, -0.1) is 0 Å². The van der Waals surface area contributed by atoms with Gasteiger partial charge < -0.3 is 4.42 Å². The monoisotopic (exact) mass is 267 g/mol. The van der Waals surface area contributed by atoms with Gasteiger partial charge in [0.2, 0.25) is 0 Å². The molecule has 0 spiro atoms. The van der Waals surface area contributed by atoms with E-state index in [4.69, 9.17) is 4.42 Å². The number of nitrogens with zero attached hydrogens (tertiary/aromatic N) is 4. The SMILES string of the molecule is C/C(=N\Nc1nc2ccccc2o1)c1nccnc1C. The number of para-hydroxylation sites is 2. The zero-order valence-corrected chi connectivity index (χ0v) is 11.2. The molecule has 6 heteroatoms. The summed E-state index contributed by atoms with van der Waals surface area (Å²) in [5.41, 5.74) is 6.61. The number of nitrogens with one attached hydrogen (secondary N) is 1. The van der Waals surface area contributed by atoms with E-state index >= 15 is 0 Å². The van der Waals surface area contributed by atoms with E-state index in [2.05, 4.69) is 25.5 Å². The summed E-state index contributed by atoms with van der Waals surface area (Å²) in [7, 11) is 0. The smallest absolute Gasteiger partial charge is 0.316 e. The fourth-order valence-electron chi connectivity index (χ4n) is 1.87. The molecule has 2 heterocycles. The Morgan fingerprint density at radius 3 is 2.80 bits per heavy atom. The number of hydrogen-bond donors (Lipinski definition) is 1. The summed E-state index contributed by atoms with van der Waals surface area (Å²) in [6, 6.07) is 7.90. The number of aryl methyl sites for hydroxylation is 1. The fraction of sp³-hybridized carbons (Fsp3) is 0.143. The van der Waals surface area contributed by atoms with Crippen LogP contribution >= 0.6 is 0 Å². The number of anilines is 1. The van der Waals surface area contributed by atoms with E-state index in [1.807, 2.05) is 38.1 Å². The maximum atomic E-state index is 5.52. The van der Waals surface area contributed by atoms with Crippen molar-refractivity contribution in [3.05, 3.63) is 48.0 Å². The third-order valence-corrected chi connectivity index (χ3v) is 2.84. The Morgan fingerprint density at radius 2 is 2.00 bits per heavy atom. The Hall–Kier alpha value is -2.76. The second-order valence-corrected chi connectivity index (χ2v) is 4.29. The molecule has 0 fully saturated rings. The molecule has 0 saturated heterocycles. The maximum Gasteiger partial charge on any atom is 0.316 e. The van der Waals surface area contributed by atoms with Crippen molar-refractivity contribution in [3.63, 3.8) is 0 Å². The van der Waals surface area contributed by atoms with Gasteiger partial charge in [-0.3, -0.25) is 9.97 Å². The van der Waals surface area contributed by atoms with Gasteiger partial charge in [-0.2, -0.15) is 10.1 Å². The minimum atomic E-state index is 0.354. The molecular weight excluding hydrogens is 254 g/mol. The van der Waals surface area contributed by atoms with Crippen LogP contribution in [0, 0.1) is 6.92 Å². The van der Waals surface area contributed by atoms with E-state index < -0.39 is 0 Å². The quantitative estimate of drug-likeness (QED) is 0.583. The van der Waals surface area contributed by atoms with Gasteiger partial charge in [0, 0.05) is 12.4 Å². The van der Waals surface area contributed by atoms with Crippen LogP contribution in [0.5, 0.6) is 0 Å². The highest BCUT2D eigenvalue weighted by Crippen LogP contribution is 2.18. The molecule has 0 unspecified atom stereocenters. The van der Waals surface area contributed by atoms with Crippen LogP contribution in [0.2, 0.25) is 0 Å². The molecule has 0 amide bonds. The Balaban J connectivity index is 1.84. The molecule has 20 heavy (non-hydrogen) atoms. The predicted molar refractivity (Wildman–Crippen MR) is 76.6 cm³/mol. The topological polar surface area (TPSA) is 76.2 Å². The molecule has 100 valence electrons. The normalized spacial score (nSPS) is 11.8. The average molecular weight is 267 g/mol. The van der Waals surface area contributed by atoms with Crippen molar-refractivity contribution >= 4 is 22.8 Å². The highest BCUT2D eigenvalue weighted by atomic mass is 16.4. The van der Waals surface area contributed by atoms with E-state index in [0.29, 0.717) is 6.01 Å². The molecule has 0 aliphatic carbocycles. The third-order valence-electron chi connectivity index (χ3n) is 2.84. The molecular formula is C14H13N5O. The Bertz CT molecular complexity index is 745. The Labute approximate surface area is 115 Å². The molecule has 0 atom stereocenters. The standard InChI is InChI=1S/C14H13N5O/c1-9-13(16-8-7-15-9)10(2)18-19-14-17-11-5-3-4-6-12(11)20-14/h3-8H,1-2H3,(H,17,19)/b18-10+. The number of fused-ring (bicyclic) bond motifs is 1. The molecule has 3 rings (SSSR count). The number of oxazole rings is 1. The summed E-state index contributed by atoms with van der Waals surface area (Å²) >= 11 is 0. The first-order chi connectivity index (χ1) is 9.74. The van der Waals surface area contributed by atoms with Crippen molar-refractivity contribution in [3.8, 4) is 0 Å². The van der Waals surface area contributed by atoms with Gasteiger partial charge in [-0.05, 0) is 26.0 Å². The Morgan fingerprint density at radius 1 is 1.20 bits per heavy atom. The molecule has 6 nitrogen and oxygen atoms in total. The fourth-order valence-corrected chi connectivity index (χ4v) is 1.87. The lowest BCUT2D eigenvalue weighted by Crippen LogP contribution is -2.05. The third kappa shape index (κ3) is 2.35. The van der Waals surface area contributed by atoms with Crippen LogP contribution in [0.4, 0.5) is 6.01 Å². The maximum absolute atomic E-state index is 5.52. The van der Waals surface area contributed by atoms with Crippen molar-refractivity contribution in [2.75, 3.05) is 5.43 Å². The Kier molecular flexibility index (Phi) is 3.12. The summed E-state index contributed by atoms with van der Waals surface area (Å²) in [6.45, 7) is 3.74. The molecule has 3 aromatic rings. The zero-order valence-electron chi connectivity index (χ0n) is 11.2. The molecule has 1 N–H and O–H groups in total. The van der Waals surface area contributed by atoms with Crippen molar-refractivity contribution in [2.45, 2.75) is 13.8 Å². The van der Waals surface area contributed by atoms with Gasteiger partial charge >= 0.3 is 6.01 Å². The highest BCUT2D eigenvalue weighted by molar-refractivity contribution is 5.98. The molecule has 1 aromatic carbocycles. The van der Waals surface area contributed by atoms with Gasteiger partial charge in [0.05, 0.1) is 11.4 Å². The van der Waals surface area contributed by atoms with E-state index in [1.54, 1.807) is 12.4 Å². The van der Waals surface area contributed by atoms with E-state index in [-0.39, 0.29) is 0 Å². The van der Waals surface area contributed by atoms with Gasteiger partial charge in [0.15, 0.2) is 5.58 Å². The lowest BCUT2D eigenvalue weighted by atomic mass is 10.2.